The summed E-state index contributed by atoms with van der Waals surface area (Å²) in [6, 6.07) is 4.28. The van der Waals surface area contributed by atoms with Gasteiger partial charge in [0, 0.05) is 24.3 Å². The zero-order chi connectivity index (χ0) is 15.9. The van der Waals surface area contributed by atoms with Crippen molar-refractivity contribution in [3.63, 3.8) is 0 Å². The number of fused-ring (bicyclic) bond motifs is 1. The molecule has 2 atom stereocenters. The summed E-state index contributed by atoms with van der Waals surface area (Å²) >= 11 is 6.40. The lowest BCUT2D eigenvalue weighted by molar-refractivity contribution is -0.122. The molecule has 0 amide bonds. The smallest absolute Gasteiger partial charge is 0.179 e. The molecule has 5 heteroatoms. The van der Waals surface area contributed by atoms with Crippen LogP contribution in [0.15, 0.2) is 12.1 Å². The maximum atomic E-state index is 11.9. The summed E-state index contributed by atoms with van der Waals surface area (Å²) in [7, 11) is 5.32. The average Bonchev–Trinajstić information content (AvgIpc) is 2.84. The number of methoxy groups -OCH3 is 2. The van der Waals surface area contributed by atoms with Gasteiger partial charge in [0.1, 0.15) is 5.78 Å². The van der Waals surface area contributed by atoms with Crippen molar-refractivity contribution in [1.29, 1.82) is 0 Å². The lowest BCUT2D eigenvalue weighted by atomic mass is 9.66. The van der Waals surface area contributed by atoms with Gasteiger partial charge in [-0.3, -0.25) is 4.79 Å². The molecule has 1 aliphatic heterocycles. The standard InChI is InChI=1S/C17H22ClNO3/c1-19-7-6-17(5-4-12(20)10-15(17)19)11-8-13(18)16(22-3)14(9-11)21-2/h8-9,15H,4-7,10H2,1-3H3. The lowest BCUT2D eigenvalue weighted by Gasteiger charge is -2.41. The molecule has 2 aliphatic rings. The van der Waals surface area contributed by atoms with Crippen LogP contribution < -0.4 is 9.47 Å². The van der Waals surface area contributed by atoms with E-state index in [1.807, 2.05) is 12.1 Å². The molecule has 1 aromatic rings. The number of likely N-dealkylation sites (tertiary alicyclic amines) is 1. The third kappa shape index (κ3) is 2.29. The normalized spacial score (nSPS) is 28.5. The van der Waals surface area contributed by atoms with Crippen molar-refractivity contribution in [2.75, 3.05) is 27.8 Å². The molecule has 1 saturated carbocycles. The Kier molecular flexibility index (Phi) is 4.08. The average molecular weight is 324 g/mol. The monoisotopic (exact) mass is 323 g/mol. The summed E-state index contributed by atoms with van der Waals surface area (Å²) in [6.45, 7) is 1.00. The van der Waals surface area contributed by atoms with Gasteiger partial charge in [0.25, 0.3) is 0 Å². The molecule has 1 heterocycles. The minimum absolute atomic E-state index is 0.00808. The number of ether oxygens (including phenoxy) is 2. The number of hydrogen-bond acceptors (Lipinski definition) is 4. The third-order valence-electron chi connectivity index (χ3n) is 5.36. The number of nitrogens with zero attached hydrogens (tertiary/aromatic N) is 1. The van der Waals surface area contributed by atoms with E-state index in [0.717, 1.165) is 24.9 Å². The maximum Gasteiger partial charge on any atom is 0.179 e. The predicted octanol–water partition coefficient (Wildman–Crippen LogP) is 3.05. The second kappa shape index (κ2) is 5.74. The molecule has 1 aromatic carbocycles. The van der Waals surface area contributed by atoms with Crippen LogP contribution in [0.25, 0.3) is 0 Å². The van der Waals surface area contributed by atoms with Gasteiger partial charge in [0.2, 0.25) is 0 Å². The van der Waals surface area contributed by atoms with Crippen molar-refractivity contribution in [3.05, 3.63) is 22.7 Å². The largest absolute Gasteiger partial charge is 0.493 e. The highest BCUT2D eigenvalue weighted by molar-refractivity contribution is 6.32. The van der Waals surface area contributed by atoms with E-state index in [1.54, 1.807) is 14.2 Å². The molecule has 0 radical (unpaired) electrons. The minimum atomic E-state index is -0.00808. The summed E-state index contributed by atoms with van der Waals surface area (Å²) in [5, 5.41) is 0.566. The Labute approximate surface area is 136 Å². The first-order chi connectivity index (χ1) is 10.5. The van der Waals surface area contributed by atoms with Gasteiger partial charge in [0.15, 0.2) is 11.5 Å². The van der Waals surface area contributed by atoms with Gasteiger partial charge >= 0.3 is 0 Å². The van der Waals surface area contributed by atoms with E-state index in [9.17, 15) is 4.79 Å². The lowest BCUT2D eigenvalue weighted by Crippen LogP contribution is -2.46. The minimum Gasteiger partial charge on any atom is -0.493 e. The molecule has 0 N–H and O–H groups in total. The number of carbonyl (C=O) groups excluding carboxylic acids is 1. The van der Waals surface area contributed by atoms with Crippen LogP contribution in [0, 0.1) is 0 Å². The SMILES string of the molecule is COc1cc(C23CCC(=O)CC2N(C)CC3)cc(Cl)c1OC. The fourth-order valence-corrected chi connectivity index (χ4v) is 4.42. The number of Topliss-reactive ketones (excluding diaryl/α,β-unsaturated/α-hetero) is 1. The second-order valence-corrected chi connectivity index (χ2v) is 6.75. The molecule has 2 fully saturated rings. The van der Waals surface area contributed by atoms with Gasteiger partial charge in [-0.25, -0.2) is 0 Å². The van der Waals surface area contributed by atoms with Crippen LogP contribution in [-0.4, -0.2) is 44.5 Å². The predicted molar refractivity (Wildman–Crippen MR) is 86.1 cm³/mol. The molecular weight excluding hydrogens is 302 g/mol. The summed E-state index contributed by atoms with van der Waals surface area (Å²) in [6.07, 6.45) is 3.21. The topological polar surface area (TPSA) is 38.8 Å². The molecule has 1 aliphatic carbocycles. The molecule has 3 rings (SSSR count). The number of benzene rings is 1. The Balaban J connectivity index is 2.09. The van der Waals surface area contributed by atoms with Gasteiger partial charge < -0.3 is 14.4 Å². The van der Waals surface area contributed by atoms with Gasteiger partial charge in [-0.1, -0.05) is 11.6 Å². The Morgan fingerprint density at radius 1 is 1.27 bits per heavy atom. The van der Waals surface area contributed by atoms with Crippen molar-refractivity contribution < 1.29 is 14.3 Å². The number of carbonyl (C=O) groups is 1. The molecule has 2 unspecified atom stereocenters. The molecule has 120 valence electrons. The number of ketones is 1. The first-order valence-electron chi connectivity index (χ1n) is 7.66. The van der Waals surface area contributed by atoms with Gasteiger partial charge in [0.05, 0.1) is 19.2 Å². The van der Waals surface area contributed by atoms with E-state index in [0.29, 0.717) is 35.1 Å². The van der Waals surface area contributed by atoms with Crippen LogP contribution in [0.3, 0.4) is 0 Å². The number of likely N-dealkylation sites (N-methyl/N-ethyl adjacent to an activating group) is 1. The highest BCUT2D eigenvalue weighted by Crippen LogP contribution is 2.50. The van der Waals surface area contributed by atoms with E-state index >= 15 is 0 Å². The zero-order valence-corrected chi connectivity index (χ0v) is 14.1. The number of rotatable bonds is 3. The van der Waals surface area contributed by atoms with Crippen molar-refractivity contribution in [1.82, 2.24) is 4.90 Å². The zero-order valence-electron chi connectivity index (χ0n) is 13.3. The summed E-state index contributed by atoms with van der Waals surface area (Å²) in [5.41, 5.74) is 1.16. The van der Waals surface area contributed by atoms with E-state index in [2.05, 4.69) is 11.9 Å². The van der Waals surface area contributed by atoms with Crippen molar-refractivity contribution >= 4 is 17.4 Å². The molecular formula is C17H22ClNO3. The Hall–Kier alpha value is -1.26. The van der Waals surface area contributed by atoms with E-state index in [4.69, 9.17) is 21.1 Å². The summed E-state index contributed by atoms with van der Waals surface area (Å²) in [4.78, 5) is 14.2. The van der Waals surface area contributed by atoms with Gasteiger partial charge in [-0.05, 0) is 44.1 Å². The molecule has 0 spiro atoms. The second-order valence-electron chi connectivity index (χ2n) is 6.34. The fraction of sp³-hybridized carbons (Fsp3) is 0.588. The first kappa shape index (κ1) is 15.6. The summed E-state index contributed by atoms with van der Waals surface area (Å²) < 4.78 is 10.8. The Morgan fingerprint density at radius 3 is 2.73 bits per heavy atom. The Morgan fingerprint density at radius 2 is 2.05 bits per heavy atom. The van der Waals surface area contributed by atoms with Crippen LogP contribution in [-0.2, 0) is 10.2 Å². The number of halogens is 1. The highest BCUT2D eigenvalue weighted by Gasteiger charge is 2.50. The van der Waals surface area contributed by atoms with Crippen molar-refractivity contribution in [2.45, 2.75) is 37.1 Å². The van der Waals surface area contributed by atoms with Crippen LogP contribution >= 0.6 is 11.6 Å². The van der Waals surface area contributed by atoms with E-state index in [1.165, 1.54) is 0 Å². The van der Waals surface area contributed by atoms with Crippen LogP contribution in [0.5, 0.6) is 11.5 Å². The molecule has 4 nitrogen and oxygen atoms in total. The van der Waals surface area contributed by atoms with Crippen LogP contribution in [0.4, 0.5) is 0 Å². The molecule has 0 bridgehead atoms. The fourth-order valence-electron chi connectivity index (χ4n) is 4.13. The van der Waals surface area contributed by atoms with Crippen molar-refractivity contribution in [2.24, 2.45) is 0 Å². The first-order valence-corrected chi connectivity index (χ1v) is 8.03. The number of hydrogen-bond donors (Lipinski definition) is 0. The molecule has 22 heavy (non-hydrogen) atoms. The Bertz CT molecular complexity index is 604. The van der Waals surface area contributed by atoms with E-state index < -0.39 is 0 Å². The van der Waals surface area contributed by atoms with Crippen LogP contribution in [0.1, 0.15) is 31.2 Å². The van der Waals surface area contributed by atoms with Crippen molar-refractivity contribution in [3.8, 4) is 11.5 Å². The quantitative estimate of drug-likeness (QED) is 0.857. The third-order valence-corrected chi connectivity index (χ3v) is 5.64. The van der Waals surface area contributed by atoms with E-state index in [-0.39, 0.29) is 11.5 Å². The van der Waals surface area contributed by atoms with Gasteiger partial charge in [-0.2, -0.15) is 0 Å². The molecule has 1 saturated heterocycles. The summed E-state index contributed by atoms with van der Waals surface area (Å²) in [5.74, 6) is 1.59. The van der Waals surface area contributed by atoms with Crippen LogP contribution in [0.2, 0.25) is 5.02 Å². The molecule has 0 aromatic heterocycles. The highest BCUT2D eigenvalue weighted by atomic mass is 35.5. The maximum absolute atomic E-state index is 11.9. The van der Waals surface area contributed by atoms with Gasteiger partial charge in [-0.15, -0.1) is 0 Å².